The van der Waals surface area contributed by atoms with Crippen molar-refractivity contribution in [2.24, 2.45) is 11.8 Å². The van der Waals surface area contributed by atoms with Crippen LogP contribution in [0.2, 0.25) is 0 Å². The van der Waals surface area contributed by atoms with Crippen molar-refractivity contribution >= 4 is 0 Å². The average molecular weight is 404 g/mol. The summed E-state index contributed by atoms with van der Waals surface area (Å²) in [6.45, 7) is -1.06. The molecule has 1 aliphatic carbocycles. The van der Waals surface area contributed by atoms with Crippen LogP contribution in [0.3, 0.4) is 0 Å². The highest BCUT2D eigenvalue weighted by Crippen LogP contribution is 2.32. The van der Waals surface area contributed by atoms with Crippen LogP contribution in [0.4, 0.5) is 17.6 Å². The Morgan fingerprint density at radius 2 is 1.59 bits per heavy atom. The van der Waals surface area contributed by atoms with E-state index in [1.165, 1.54) is 25.7 Å². The van der Waals surface area contributed by atoms with Gasteiger partial charge in [-0.3, -0.25) is 0 Å². The largest absolute Gasteiger partial charge is 0.429 e. The lowest BCUT2D eigenvalue weighted by atomic mass is 9.80. The summed E-state index contributed by atoms with van der Waals surface area (Å²) in [4.78, 5) is 0. The fourth-order valence-electron chi connectivity index (χ4n) is 3.86. The van der Waals surface area contributed by atoms with Crippen LogP contribution >= 0.6 is 0 Å². The van der Waals surface area contributed by atoms with Crippen LogP contribution in [0.25, 0.3) is 11.1 Å². The van der Waals surface area contributed by atoms with E-state index in [9.17, 15) is 17.6 Å². The first-order chi connectivity index (χ1) is 14.0. The second-order valence-corrected chi connectivity index (χ2v) is 7.50. The number of alkyl halides is 2. The molecule has 2 aromatic rings. The van der Waals surface area contributed by atoms with Crippen LogP contribution in [0.1, 0.15) is 51.0 Å². The molecule has 1 aliphatic rings. The minimum absolute atomic E-state index is 0.246. The van der Waals surface area contributed by atoms with E-state index in [1.807, 2.05) is 0 Å². The van der Waals surface area contributed by atoms with Crippen molar-refractivity contribution in [3.63, 3.8) is 0 Å². The van der Waals surface area contributed by atoms with Gasteiger partial charge in [0, 0.05) is 11.5 Å². The molecule has 0 amide bonds. The molecule has 0 spiro atoms. The molecule has 5 heteroatoms. The molecule has 1 saturated carbocycles. The minimum atomic E-state index is -3.29. The molecule has 0 unspecified atom stereocenters. The van der Waals surface area contributed by atoms with E-state index in [-0.39, 0.29) is 5.56 Å². The molecule has 154 valence electrons. The Labute approximate surface area is 169 Å². The lowest BCUT2D eigenvalue weighted by Gasteiger charge is -2.25. The van der Waals surface area contributed by atoms with Gasteiger partial charge in [-0.15, -0.1) is 0 Å². The molecule has 0 aromatic heterocycles. The molecule has 0 aliphatic heterocycles. The lowest BCUT2D eigenvalue weighted by molar-refractivity contribution is -0.0546. The summed E-state index contributed by atoms with van der Waals surface area (Å²) in [6.07, 6.45) is 7.31. The molecule has 29 heavy (non-hydrogen) atoms. The van der Waals surface area contributed by atoms with Crippen LogP contribution in [0.15, 0.2) is 36.4 Å². The third kappa shape index (κ3) is 5.76. The zero-order chi connectivity index (χ0) is 20.8. The number of halogens is 4. The van der Waals surface area contributed by atoms with Crippen molar-refractivity contribution in [1.82, 2.24) is 0 Å². The monoisotopic (exact) mass is 404 g/mol. The van der Waals surface area contributed by atoms with Gasteiger partial charge in [0.05, 0.1) is 0 Å². The van der Waals surface area contributed by atoms with Crippen LogP contribution in [0.5, 0.6) is 5.75 Å². The molecule has 1 nitrogen and oxygen atoms in total. The van der Waals surface area contributed by atoms with Gasteiger partial charge in [0.15, 0.2) is 17.4 Å². The summed E-state index contributed by atoms with van der Waals surface area (Å²) >= 11 is 0. The van der Waals surface area contributed by atoms with Crippen LogP contribution in [-0.2, 0) is 0 Å². The smallest absolute Gasteiger partial charge is 0.387 e. The van der Waals surface area contributed by atoms with Gasteiger partial charge < -0.3 is 4.74 Å². The molecule has 1 fully saturated rings. The van der Waals surface area contributed by atoms with E-state index in [0.29, 0.717) is 11.5 Å². The third-order valence-corrected chi connectivity index (χ3v) is 5.39. The molecule has 0 atom stereocenters. The number of ether oxygens (including phenoxy) is 1. The number of hydrogen-bond acceptors (Lipinski definition) is 1. The van der Waals surface area contributed by atoms with Crippen molar-refractivity contribution in [3.05, 3.63) is 53.6 Å². The zero-order valence-electron chi connectivity index (χ0n) is 16.4. The highest BCUT2D eigenvalue weighted by atomic mass is 19.3. The first-order valence-corrected chi connectivity index (χ1v) is 10.0. The minimum Gasteiger partial charge on any atom is -0.429 e. The predicted octanol–water partition coefficient (Wildman–Crippen LogP) is 7.19. The van der Waals surface area contributed by atoms with Gasteiger partial charge in [-0.25, -0.2) is 8.78 Å². The first kappa shape index (κ1) is 21.2. The molecule has 0 radical (unpaired) electrons. The number of hydrogen-bond donors (Lipinski definition) is 0. The summed E-state index contributed by atoms with van der Waals surface area (Å²) in [5.74, 6) is 4.41. The van der Waals surface area contributed by atoms with Crippen molar-refractivity contribution in [1.29, 1.82) is 0 Å². The molecule has 2 aromatic carbocycles. The quantitative estimate of drug-likeness (QED) is 0.378. The van der Waals surface area contributed by atoms with Crippen LogP contribution < -0.4 is 4.74 Å². The van der Waals surface area contributed by atoms with Crippen LogP contribution in [-0.4, -0.2) is 6.61 Å². The summed E-state index contributed by atoms with van der Waals surface area (Å²) in [5.41, 5.74) is 1.65. The van der Waals surface area contributed by atoms with Crippen molar-refractivity contribution in [3.8, 4) is 28.7 Å². The Bertz CT molecular complexity index is 849. The number of benzene rings is 2. The van der Waals surface area contributed by atoms with Crippen LogP contribution in [0, 0.1) is 35.3 Å². The normalized spacial score (nSPS) is 19.0. The highest BCUT2D eigenvalue weighted by Gasteiger charge is 2.19. The molecular weight excluding hydrogens is 380 g/mol. The van der Waals surface area contributed by atoms with Gasteiger partial charge in [-0.05, 0) is 67.0 Å². The second kappa shape index (κ2) is 9.82. The van der Waals surface area contributed by atoms with E-state index < -0.39 is 24.0 Å². The molecule has 0 saturated heterocycles. The lowest BCUT2D eigenvalue weighted by Crippen LogP contribution is -2.13. The number of rotatable bonds is 5. The highest BCUT2D eigenvalue weighted by molar-refractivity contribution is 5.65. The Morgan fingerprint density at radius 3 is 2.14 bits per heavy atom. The van der Waals surface area contributed by atoms with Crippen molar-refractivity contribution in [2.45, 2.75) is 52.1 Å². The Morgan fingerprint density at radius 1 is 0.966 bits per heavy atom. The van der Waals surface area contributed by atoms with Gasteiger partial charge in [-0.1, -0.05) is 43.7 Å². The Kier molecular flexibility index (Phi) is 7.19. The fraction of sp³-hybridized carbons (Fsp3) is 0.417. The van der Waals surface area contributed by atoms with Gasteiger partial charge in [0.25, 0.3) is 0 Å². The summed E-state index contributed by atoms with van der Waals surface area (Å²) in [7, 11) is 0. The maximum Gasteiger partial charge on any atom is 0.387 e. The Balaban J connectivity index is 1.67. The van der Waals surface area contributed by atoms with E-state index in [2.05, 4.69) is 23.5 Å². The van der Waals surface area contributed by atoms with Crippen molar-refractivity contribution < 1.29 is 22.3 Å². The van der Waals surface area contributed by atoms with E-state index >= 15 is 0 Å². The first-order valence-electron chi connectivity index (χ1n) is 10.0. The summed E-state index contributed by atoms with van der Waals surface area (Å²) < 4.78 is 56.2. The molecular formula is C24H24F4O. The molecule has 3 rings (SSSR count). The maximum atomic E-state index is 13.9. The molecule has 0 heterocycles. The summed E-state index contributed by atoms with van der Waals surface area (Å²) in [6, 6.07) is 8.98. The fourth-order valence-corrected chi connectivity index (χ4v) is 3.86. The standard InChI is InChI=1S/C24H24F4O/c1-2-3-16-4-6-17(7-5-16)8-9-18-10-12-19(13-11-18)20-14-21(25)23(22(26)15-20)29-24(27)28/h10-17,24H,2-7H2,1H3/t16-,17-. The average Bonchev–Trinajstić information content (AvgIpc) is 2.70. The van der Waals surface area contributed by atoms with E-state index in [4.69, 9.17) is 0 Å². The second-order valence-electron chi connectivity index (χ2n) is 7.50. The summed E-state index contributed by atoms with van der Waals surface area (Å²) in [5, 5.41) is 0. The Hall–Kier alpha value is -2.48. The maximum absolute atomic E-state index is 13.9. The SMILES string of the molecule is CCC[C@H]1CC[C@H](C#Cc2ccc(-c3cc(F)c(OC(F)F)c(F)c3)cc2)CC1. The van der Waals surface area contributed by atoms with Gasteiger partial charge >= 0.3 is 6.61 Å². The van der Waals surface area contributed by atoms with Gasteiger partial charge in [0.1, 0.15) is 0 Å². The van der Waals surface area contributed by atoms with Gasteiger partial charge in [-0.2, -0.15) is 8.78 Å². The van der Waals surface area contributed by atoms with E-state index in [1.54, 1.807) is 24.3 Å². The van der Waals surface area contributed by atoms with E-state index in [0.717, 1.165) is 36.5 Å². The molecule has 0 N–H and O–H groups in total. The zero-order valence-corrected chi connectivity index (χ0v) is 16.4. The van der Waals surface area contributed by atoms with Crippen molar-refractivity contribution in [2.75, 3.05) is 0 Å². The topological polar surface area (TPSA) is 9.23 Å². The predicted molar refractivity (Wildman–Crippen MR) is 106 cm³/mol. The molecule has 0 bridgehead atoms. The third-order valence-electron chi connectivity index (χ3n) is 5.39. The van der Waals surface area contributed by atoms with Gasteiger partial charge in [0.2, 0.25) is 0 Å².